The normalized spacial score (nSPS) is 11.6. The van der Waals surface area contributed by atoms with Gasteiger partial charge in [0.15, 0.2) is 11.5 Å². The molecule has 1 rings (SSSR count). The van der Waals surface area contributed by atoms with E-state index in [0.717, 1.165) is 0 Å². The van der Waals surface area contributed by atoms with Crippen LogP contribution in [0.1, 0.15) is 17.3 Å². The average Bonchev–Trinajstić information content (AvgIpc) is 2.45. The highest BCUT2D eigenvalue weighted by atomic mass is 16.5. The van der Waals surface area contributed by atoms with Crippen LogP contribution in [-0.4, -0.2) is 45.0 Å². The average molecular weight is 269 g/mol. The Balaban J connectivity index is 3.14. The summed E-state index contributed by atoms with van der Waals surface area (Å²) in [7, 11) is 4.46. The van der Waals surface area contributed by atoms with Gasteiger partial charge in [-0.3, -0.25) is 4.79 Å². The van der Waals surface area contributed by atoms with Crippen LogP contribution in [0.3, 0.4) is 0 Å². The van der Waals surface area contributed by atoms with Gasteiger partial charge in [-0.25, -0.2) is 0 Å². The van der Waals surface area contributed by atoms with Crippen LogP contribution in [0.2, 0.25) is 0 Å². The molecule has 0 heterocycles. The third-order valence-corrected chi connectivity index (χ3v) is 2.60. The lowest BCUT2D eigenvalue weighted by Crippen LogP contribution is -2.35. The van der Waals surface area contributed by atoms with Crippen LogP contribution in [0, 0.1) is 0 Å². The highest BCUT2D eigenvalue weighted by Crippen LogP contribution is 2.34. The number of carbonyl (C=O) groups is 1. The summed E-state index contributed by atoms with van der Waals surface area (Å²) in [5, 5.41) is 11.6. The van der Waals surface area contributed by atoms with Gasteiger partial charge in [-0.05, 0) is 6.92 Å². The zero-order valence-electron chi connectivity index (χ0n) is 11.5. The Morgan fingerprint density at radius 2 is 1.68 bits per heavy atom. The Kier molecular flexibility index (Phi) is 5.44. The van der Waals surface area contributed by atoms with E-state index in [1.165, 1.54) is 27.4 Å². The molecule has 6 heteroatoms. The van der Waals surface area contributed by atoms with Gasteiger partial charge in [0.2, 0.25) is 0 Å². The number of hydrogen-bond acceptors (Lipinski definition) is 5. The Labute approximate surface area is 112 Å². The number of nitrogens with one attached hydrogen (secondary N) is 1. The molecule has 6 nitrogen and oxygen atoms in total. The van der Waals surface area contributed by atoms with E-state index in [9.17, 15) is 4.79 Å². The summed E-state index contributed by atoms with van der Waals surface area (Å²) < 4.78 is 15.5. The largest absolute Gasteiger partial charge is 0.496 e. The van der Waals surface area contributed by atoms with Crippen LogP contribution in [0.25, 0.3) is 0 Å². The Hall–Kier alpha value is -1.95. The third-order valence-electron chi connectivity index (χ3n) is 2.60. The minimum Gasteiger partial charge on any atom is -0.496 e. The van der Waals surface area contributed by atoms with Crippen LogP contribution in [0.15, 0.2) is 12.1 Å². The minimum atomic E-state index is -0.348. The molecule has 2 N–H and O–H groups in total. The maximum absolute atomic E-state index is 12.1. The topological polar surface area (TPSA) is 77.0 Å². The van der Waals surface area contributed by atoms with Crippen molar-refractivity contribution in [1.29, 1.82) is 0 Å². The fraction of sp³-hybridized carbons (Fsp3) is 0.462. The number of hydrogen-bond donors (Lipinski definition) is 2. The SMILES string of the molecule is COc1cc(OC)c(C(=O)N[C@H](C)CO)cc1OC. The van der Waals surface area contributed by atoms with Crippen molar-refractivity contribution in [3.63, 3.8) is 0 Å². The molecule has 1 amide bonds. The molecule has 0 unspecified atom stereocenters. The first kappa shape index (κ1) is 15.1. The van der Waals surface area contributed by atoms with Gasteiger partial charge in [0, 0.05) is 18.2 Å². The number of benzene rings is 1. The van der Waals surface area contributed by atoms with E-state index in [4.69, 9.17) is 19.3 Å². The molecule has 0 bridgehead atoms. The molecular formula is C13H19NO5. The standard InChI is InChI=1S/C13H19NO5/c1-8(7-15)14-13(16)9-5-11(18-3)12(19-4)6-10(9)17-2/h5-6,8,15H,7H2,1-4H3,(H,14,16)/t8-/m1/s1. The summed E-state index contributed by atoms with van der Waals surface area (Å²) in [5.74, 6) is 0.941. The molecular weight excluding hydrogens is 250 g/mol. The highest BCUT2D eigenvalue weighted by Gasteiger charge is 2.18. The van der Waals surface area contributed by atoms with Crippen molar-refractivity contribution in [2.75, 3.05) is 27.9 Å². The van der Waals surface area contributed by atoms with Crippen molar-refractivity contribution in [2.24, 2.45) is 0 Å². The number of aliphatic hydroxyl groups is 1. The van der Waals surface area contributed by atoms with Gasteiger partial charge >= 0.3 is 0 Å². The third kappa shape index (κ3) is 3.51. The summed E-state index contributed by atoms with van der Waals surface area (Å²) in [6, 6.07) is 2.78. The van der Waals surface area contributed by atoms with Crippen molar-refractivity contribution in [3.05, 3.63) is 17.7 Å². The lowest BCUT2D eigenvalue weighted by atomic mass is 10.1. The van der Waals surface area contributed by atoms with Gasteiger partial charge in [-0.2, -0.15) is 0 Å². The van der Waals surface area contributed by atoms with Crippen molar-refractivity contribution < 1.29 is 24.1 Å². The van der Waals surface area contributed by atoms with Gasteiger partial charge in [0.1, 0.15) is 5.75 Å². The number of methoxy groups -OCH3 is 3. The number of ether oxygens (including phenoxy) is 3. The van der Waals surface area contributed by atoms with E-state index in [-0.39, 0.29) is 18.6 Å². The molecule has 0 aliphatic rings. The van der Waals surface area contributed by atoms with Crippen molar-refractivity contribution >= 4 is 5.91 Å². The number of amides is 1. The lowest BCUT2D eigenvalue weighted by Gasteiger charge is -2.15. The molecule has 0 radical (unpaired) electrons. The van der Waals surface area contributed by atoms with E-state index in [1.54, 1.807) is 13.0 Å². The Morgan fingerprint density at radius 3 is 2.16 bits per heavy atom. The van der Waals surface area contributed by atoms with Crippen LogP contribution in [0.5, 0.6) is 17.2 Å². The maximum atomic E-state index is 12.1. The highest BCUT2D eigenvalue weighted by molar-refractivity contribution is 5.98. The molecule has 1 atom stereocenters. The number of aliphatic hydroxyl groups excluding tert-OH is 1. The van der Waals surface area contributed by atoms with E-state index < -0.39 is 0 Å². The minimum absolute atomic E-state index is 0.138. The smallest absolute Gasteiger partial charge is 0.255 e. The Morgan fingerprint density at radius 1 is 1.16 bits per heavy atom. The summed E-state index contributed by atoms with van der Waals surface area (Å²) >= 11 is 0. The maximum Gasteiger partial charge on any atom is 0.255 e. The first-order valence-corrected chi connectivity index (χ1v) is 5.79. The molecule has 1 aromatic rings. The van der Waals surface area contributed by atoms with Gasteiger partial charge < -0.3 is 24.6 Å². The van der Waals surface area contributed by atoms with Gasteiger partial charge in [-0.15, -0.1) is 0 Å². The van der Waals surface area contributed by atoms with E-state index in [1.807, 2.05) is 0 Å². The predicted octanol–water partition coefficient (Wildman–Crippen LogP) is 0.823. The molecule has 0 fully saturated rings. The van der Waals surface area contributed by atoms with Gasteiger partial charge in [-0.1, -0.05) is 0 Å². The fourth-order valence-electron chi connectivity index (χ4n) is 1.55. The van der Waals surface area contributed by atoms with Crippen molar-refractivity contribution in [3.8, 4) is 17.2 Å². The van der Waals surface area contributed by atoms with Crippen molar-refractivity contribution in [2.45, 2.75) is 13.0 Å². The summed E-state index contributed by atoms with van der Waals surface area (Å²) in [5.41, 5.74) is 0.320. The van der Waals surface area contributed by atoms with Crippen LogP contribution >= 0.6 is 0 Å². The molecule has 0 aliphatic carbocycles. The second-order valence-electron chi connectivity index (χ2n) is 3.96. The molecule has 0 spiro atoms. The van der Waals surface area contributed by atoms with Crippen LogP contribution in [0.4, 0.5) is 0 Å². The quantitative estimate of drug-likeness (QED) is 0.799. The first-order valence-electron chi connectivity index (χ1n) is 5.79. The summed E-state index contributed by atoms with van der Waals surface area (Å²) in [6.45, 7) is 1.56. The zero-order valence-corrected chi connectivity index (χ0v) is 11.5. The van der Waals surface area contributed by atoms with E-state index in [0.29, 0.717) is 22.8 Å². The van der Waals surface area contributed by atoms with Crippen LogP contribution < -0.4 is 19.5 Å². The van der Waals surface area contributed by atoms with Crippen molar-refractivity contribution in [1.82, 2.24) is 5.32 Å². The summed E-state index contributed by atoms with van der Waals surface area (Å²) in [4.78, 5) is 12.1. The van der Waals surface area contributed by atoms with Gasteiger partial charge in [0.05, 0.1) is 33.5 Å². The molecule has 0 saturated heterocycles. The first-order chi connectivity index (χ1) is 9.07. The number of rotatable bonds is 6. The Bertz CT molecular complexity index is 447. The predicted molar refractivity (Wildman–Crippen MR) is 70.1 cm³/mol. The second-order valence-corrected chi connectivity index (χ2v) is 3.96. The molecule has 0 saturated carbocycles. The zero-order chi connectivity index (χ0) is 14.4. The molecule has 0 aliphatic heterocycles. The summed E-state index contributed by atoms with van der Waals surface area (Å²) in [6.07, 6.45) is 0. The van der Waals surface area contributed by atoms with Crippen LogP contribution in [-0.2, 0) is 0 Å². The molecule has 106 valence electrons. The van der Waals surface area contributed by atoms with Gasteiger partial charge in [0.25, 0.3) is 5.91 Å². The number of carbonyl (C=O) groups excluding carboxylic acids is 1. The van der Waals surface area contributed by atoms with E-state index in [2.05, 4.69) is 5.32 Å². The monoisotopic (exact) mass is 269 g/mol. The van der Waals surface area contributed by atoms with E-state index >= 15 is 0 Å². The molecule has 1 aromatic carbocycles. The fourth-order valence-corrected chi connectivity index (χ4v) is 1.55. The molecule has 0 aromatic heterocycles. The second kappa shape index (κ2) is 6.84. The molecule has 19 heavy (non-hydrogen) atoms. The lowest BCUT2D eigenvalue weighted by molar-refractivity contribution is 0.0919.